The van der Waals surface area contributed by atoms with E-state index in [4.69, 9.17) is 22.7 Å². The largest absolute Gasteiger partial charge is 0.287 e. The zero-order valence-corrected chi connectivity index (χ0v) is 7.02. The summed E-state index contributed by atoms with van der Waals surface area (Å²) < 4.78 is 0. The first-order valence-corrected chi connectivity index (χ1v) is 3.63. The topological polar surface area (TPSA) is 51.6 Å². The predicted octanol–water partition coefficient (Wildman–Crippen LogP) is 0.113. The maximum atomic E-state index is 5.83. The van der Waals surface area contributed by atoms with Crippen LogP contribution >= 0.6 is 11.6 Å². The molecule has 0 saturated carbocycles. The SMILES string of the molecule is Cc1ccc(C(N)=[NH2+])cc1Cl. The Morgan fingerprint density at radius 1 is 1.55 bits per heavy atom. The lowest BCUT2D eigenvalue weighted by Gasteiger charge is -1.97. The molecule has 0 bridgehead atoms. The van der Waals surface area contributed by atoms with Crippen LogP contribution in [0.25, 0.3) is 0 Å². The number of halogens is 1. The minimum atomic E-state index is 0.298. The van der Waals surface area contributed by atoms with Crippen molar-refractivity contribution in [2.75, 3.05) is 0 Å². The molecule has 58 valence electrons. The van der Waals surface area contributed by atoms with Gasteiger partial charge in [0.2, 0.25) is 0 Å². The highest BCUT2D eigenvalue weighted by atomic mass is 35.5. The fourth-order valence-corrected chi connectivity index (χ4v) is 0.953. The molecule has 0 unspecified atom stereocenters. The Labute approximate surface area is 70.5 Å². The molecule has 0 amide bonds. The minimum Gasteiger partial charge on any atom is -0.287 e. The van der Waals surface area contributed by atoms with Crippen LogP contribution in [0.15, 0.2) is 18.2 Å². The summed E-state index contributed by atoms with van der Waals surface area (Å²) in [5, 5.41) is 6.06. The van der Waals surface area contributed by atoms with Gasteiger partial charge in [-0.2, -0.15) is 0 Å². The second-order valence-electron chi connectivity index (χ2n) is 2.42. The zero-order valence-electron chi connectivity index (χ0n) is 6.26. The molecule has 0 spiro atoms. The molecule has 0 aliphatic carbocycles. The fourth-order valence-electron chi connectivity index (χ4n) is 0.772. The van der Waals surface area contributed by atoms with E-state index in [0.717, 1.165) is 11.1 Å². The van der Waals surface area contributed by atoms with E-state index in [-0.39, 0.29) is 0 Å². The fraction of sp³-hybridized carbons (Fsp3) is 0.125. The predicted molar refractivity (Wildman–Crippen MR) is 46.4 cm³/mol. The quantitative estimate of drug-likeness (QED) is 0.455. The molecule has 0 heterocycles. The summed E-state index contributed by atoms with van der Waals surface area (Å²) in [6.07, 6.45) is 0. The molecule has 2 nitrogen and oxygen atoms in total. The van der Waals surface area contributed by atoms with Gasteiger partial charge >= 0.3 is 0 Å². The summed E-state index contributed by atoms with van der Waals surface area (Å²) in [6.45, 7) is 1.93. The number of amidine groups is 1. The first-order valence-electron chi connectivity index (χ1n) is 3.25. The standard InChI is InChI=1S/C8H9ClN2/c1-5-2-3-6(8(10)11)4-7(5)9/h2-4H,1H3,(H3,10,11)/p+1. The van der Waals surface area contributed by atoms with Crippen LogP contribution in [0.2, 0.25) is 5.02 Å². The van der Waals surface area contributed by atoms with E-state index in [1.807, 2.05) is 19.1 Å². The Hall–Kier alpha value is -1.02. The lowest BCUT2D eigenvalue weighted by Crippen LogP contribution is -2.46. The second kappa shape index (κ2) is 2.93. The maximum absolute atomic E-state index is 5.83. The van der Waals surface area contributed by atoms with Crippen molar-refractivity contribution in [1.82, 2.24) is 0 Å². The van der Waals surface area contributed by atoms with Gasteiger partial charge in [0.25, 0.3) is 5.84 Å². The summed E-state index contributed by atoms with van der Waals surface area (Å²) in [5.74, 6) is 0.298. The molecular weight excluding hydrogens is 160 g/mol. The summed E-state index contributed by atoms with van der Waals surface area (Å²) in [6, 6.07) is 5.49. The van der Waals surface area contributed by atoms with E-state index in [2.05, 4.69) is 0 Å². The smallest absolute Gasteiger partial charge is 0.270 e. The monoisotopic (exact) mass is 169 g/mol. The van der Waals surface area contributed by atoms with Gasteiger partial charge in [-0.1, -0.05) is 17.7 Å². The second-order valence-corrected chi connectivity index (χ2v) is 2.83. The van der Waals surface area contributed by atoms with Crippen molar-refractivity contribution < 1.29 is 5.41 Å². The van der Waals surface area contributed by atoms with Crippen LogP contribution in [0.1, 0.15) is 11.1 Å². The molecule has 11 heavy (non-hydrogen) atoms. The number of rotatable bonds is 1. The van der Waals surface area contributed by atoms with E-state index in [0.29, 0.717) is 10.9 Å². The molecular formula is C8H10ClN2+. The van der Waals surface area contributed by atoms with Crippen LogP contribution in [-0.4, -0.2) is 5.84 Å². The van der Waals surface area contributed by atoms with Crippen molar-refractivity contribution in [3.8, 4) is 0 Å². The van der Waals surface area contributed by atoms with Gasteiger partial charge < -0.3 is 0 Å². The van der Waals surface area contributed by atoms with Gasteiger partial charge in [-0.05, 0) is 24.6 Å². The molecule has 0 radical (unpaired) electrons. The summed E-state index contributed by atoms with van der Waals surface area (Å²) in [4.78, 5) is 0. The van der Waals surface area contributed by atoms with E-state index >= 15 is 0 Å². The van der Waals surface area contributed by atoms with E-state index in [9.17, 15) is 0 Å². The Kier molecular flexibility index (Phi) is 2.15. The first kappa shape index (κ1) is 8.08. The molecule has 0 aliphatic heterocycles. The average molecular weight is 170 g/mol. The normalized spacial score (nSPS) is 9.64. The number of benzene rings is 1. The minimum absolute atomic E-state index is 0.298. The molecule has 0 atom stereocenters. The van der Waals surface area contributed by atoms with Crippen molar-refractivity contribution in [3.63, 3.8) is 0 Å². The average Bonchev–Trinajstić information content (AvgIpc) is 1.94. The van der Waals surface area contributed by atoms with Gasteiger partial charge in [0, 0.05) is 5.02 Å². The van der Waals surface area contributed by atoms with Crippen LogP contribution in [-0.2, 0) is 0 Å². The maximum Gasteiger partial charge on any atom is 0.270 e. The molecule has 0 fully saturated rings. The van der Waals surface area contributed by atoms with Gasteiger partial charge in [-0.15, -0.1) is 0 Å². The number of aryl methyl sites for hydroxylation is 1. The van der Waals surface area contributed by atoms with Gasteiger partial charge in [0.15, 0.2) is 0 Å². The zero-order chi connectivity index (χ0) is 8.43. The van der Waals surface area contributed by atoms with Crippen LogP contribution in [0, 0.1) is 6.92 Å². The van der Waals surface area contributed by atoms with Crippen molar-refractivity contribution in [1.29, 1.82) is 0 Å². The molecule has 0 saturated heterocycles. The van der Waals surface area contributed by atoms with Gasteiger partial charge in [-0.3, -0.25) is 11.1 Å². The van der Waals surface area contributed by atoms with Crippen molar-refractivity contribution in [2.45, 2.75) is 6.92 Å². The molecule has 1 aromatic carbocycles. The van der Waals surface area contributed by atoms with Crippen LogP contribution in [0.4, 0.5) is 0 Å². The highest BCUT2D eigenvalue weighted by molar-refractivity contribution is 6.31. The summed E-state index contributed by atoms with van der Waals surface area (Å²) in [5.41, 5.74) is 7.17. The van der Waals surface area contributed by atoms with Crippen LogP contribution in [0.5, 0.6) is 0 Å². The highest BCUT2D eigenvalue weighted by Gasteiger charge is 2.02. The number of hydrogen-bond acceptors (Lipinski definition) is 0. The third-order valence-corrected chi connectivity index (χ3v) is 1.91. The van der Waals surface area contributed by atoms with Crippen LogP contribution in [0.3, 0.4) is 0 Å². The summed E-state index contributed by atoms with van der Waals surface area (Å²) in [7, 11) is 0. The van der Waals surface area contributed by atoms with Crippen molar-refractivity contribution in [2.24, 2.45) is 5.73 Å². The Bertz CT molecular complexity index is 294. The van der Waals surface area contributed by atoms with Gasteiger partial charge in [-0.25, -0.2) is 0 Å². The molecule has 4 N–H and O–H groups in total. The van der Waals surface area contributed by atoms with E-state index in [1.54, 1.807) is 6.07 Å². The third-order valence-electron chi connectivity index (χ3n) is 1.51. The Morgan fingerprint density at radius 2 is 2.18 bits per heavy atom. The van der Waals surface area contributed by atoms with Crippen molar-refractivity contribution >= 4 is 17.4 Å². The molecule has 0 aliphatic rings. The Morgan fingerprint density at radius 3 is 2.64 bits per heavy atom. The molecule has 1 aromatic rings. The molecule has 3 heteroatoms. The van der Waals surface area contributed by atoms with Gasteiger partial charge in [0.05, 0.1) is 5.56 Å². The Balaban J connectivity index is 3.15. The highest BCUT2D eigenvalue weighted by Crippen LogP contribution is 2.15. The van der Waals surface area contributed by atoms with E-state index < -0.39 is 0 Å². The first-order chi connectivity index (χ1) is 5.11. The van der Waals surface area contributed by atoms with Gasteiger partial charge in [0.1, 0.15) is 0 Å². The summed E-state index contributed by atoms with van der Waals surface area (Å²) >= 11 is 5.83. The number of hydrogen-bond donors (Lipinski definition) is 2. The lowest BCUT2D eigenvalue weighted by molar-refractivity contribution is -0.114. The van der Waals surface area contributed by atoms with Crippen molar-refractivity contribution in [3.05, 3.63) is 34.3 Å². The van der Waals surface area contributed by atoms with Crippen LogP contribution < -0.4 is 11.1 Å². The molecule has 1 rings (SSSR count). The third kappa shape index (κ3) is 1.71. The number of nitrogens with two attached hydrogens (primary N) is 2. The van der Waals surface area contributed by atoms with E-state index in [1.165, 1.54) is 0 Å². The molecule has 0 aromatic heterocycles. The lowest BCUT2D eigenvalue weighted by atomic mass is 10.1.